The number of nitrogens with one attached hydrogen (secondary N) is 1. The number of rotatable bonds is 2. The third-order valence-electron chi connectivity index (χ3n) is 4.27. The van der Waals surface area contributed by atoms with Gasteiger partial charge in [-0.3, -0.25) is 0 Å². The van der Waals surface area contributed by atoms with Gasteiger partial charge in [0.1, 0.15) is 0 Å². The number of ether oxygens (including phenoxy) is 1. The first-order valence-corrected chi connectivity index (χ1v) is 6.46. The van der Waals surface area contributed by atoms with Gasteiger partial charge >= 0.3 is 0 Å². The van der Waals surface area contributed by atoms with Crippen molar-refractivity contribution in [2.45, 2.75) is 25.4 Å². The van der Waals surface area contributed by atoms with E-state index in [1.54, 1.807) is 0 Å². The van der Waals surface area contributed by atoms with E-state index in [9.17, 15) is 0 Å². The van der Waals surface area contributed by atoms with Gasteiger partial charge in [-0.1, -0.05) is 6.42 Å². The van der Waals surface area contributed by atoms with E-state index in [1.807, 2.05) is 0 Å². The van der Waals surface area contributed by atoms with E-state index in [0.29, 0.717) is 6.10 Å². The molecular weight excluding hydrogens is 188 g/mol. The Morgan fingerprint density at radius 1 is 1.20 bits per heavy atom. The van der Waals surface area contributed by atoms with Crippen molar-refractivity contribution in [1.29, 1.82) is 0 Å². The van der Waals surface area contributed by atoms with E-state index in [2.05, 4.69) is 10.2 Å². The van der Waals surface area contributed by atoms with Gasteiger partial charge in [-0.05, 0) is 24.7 Å². The maximum Gasteiger partial charge on any atom is 0.0826 e. The van der Waals surface area contributed by atoms with Gasteiger partial charge in [0.05, 0.1) is 12.7 Å². The summed E-state index contributed by atoms with van der Waals surface area (Å²) in [5.41, 5.74) is 0. The van der Waals surface area contributed by atoms with Crippen molar-refractivity contribution in [3.05, 3.63) is 0 Å². The van der Waals surface area contributed by atoms with Crippen molar-refractivity contribution >= 4 is 0 Å². The Balaban J connectivity index is 1.48. The van der Waals surface area contributed by atoms with Gasteiger partial charge in [0.2, 0.25) is 0 Å². The van der Waals surface area contributed by atoms with Gasteiger partial charge < -0.3 is 15.0 Å². The van der Waals surface area contributed by atoms with Crippen LogP contribution in [0.4, 0.5) is 0 Å². The van der Waals surface area contributed by atoms with Crippen molar-refractivity contribution in [2.75, 3.05) is 39.3 Å². The van der Waals surface area contributed by atoms with Gasteiger partial charge in [-0.2, -0.15) is 0 Å². The molecule has 0 aromatic rings. The first-order chi connectivity index (χ1) is 7.42. The van der Waals surface area contributed by atoms with Gasteiger partial charge in [0.25, 0.3) is 0 Å². The highest BCUT2D eigenvalue weighted by Crippen LogP contribution is 2.37. The Labute approximate surface area is 92.2 Å². The minimum absolute atomic E-state index is 0.442. The number of hydrogen-bond donors (Lipinski definition) is 1. The van der Waals surface area contributed by atoms with Crippen LogP contribution in [0.1, 0.15) is 19.3 Å². The molecule has 2 saturated heterocycles. The molecule has 2 aliphatic heterocycles. The number of nitrogens with zero attached hydrogens (tertiary/aromatic N) is 1. The summed E-state index contributed by atoms with van der Waals surface area (Å²) in [4.78, 5) is 2.63. The van der Waals surface area contributed by atoms with E-state index >= 15 is 0 Å². The second-order valence-corrected chi connectivity index (χ2v) is 5.37. The van der Waals surface area contributed by atoms with Crippen LogP contribution in [0.3, 0.4) is 0 Å². The summed E-state index contributed by atoms with van der Waals surface area (Å²) in [6, 6.07) is 0. The van der Waals surface area contributed by atoms with Crippen LogP contribution in [0.2, 0.25) is 0 Å². The maximum atomic E-state index is 5.76. The molecule has 0 aromatic heterocycles. The Bertz CT molecular complexity index is 204. The molecule has 1 saturated carbocycles. The highest BCUT2D eigenvalue weighted by atomic mass is 16.5. The fourth-order valence-corrected chi connectivity index (χ4v) is 3.51. The third-order valence-corrected chi connectivity index (χ3v) is 4.27. The molecule has 3 heteroatoms. The van der Waals surface area contributed by atoms with Crippen LogP contribution < -0.4 is 5.32 Å². The Morgan fingerprint density at radius 2 is 2.00 bits per heavy atom. The Hall–Kier alpha value is -0.120. The first-order valence-electron chi connectivity index (χ1n) is 6.46. The lowest BCUT2D eigenvalue weighted by Gasteiger charge is -2.28. The predicted octanol–water partition coefficient (Wildman–Crippen LogP) is 0.707. The van der Waals surface area contributed by atoms with E-state index in [0.717, 1.165) is 38.1 Å². The number of fused-ring (bicyclic) bond motifs is 1. The molecule has 0 spiro atoms. The zero-order chi connectivity index (χ0) is 10.1. The second kappa shape index (κ2) is 4.40. The summed E-state index contributed by atoms with van der Waals surface area (Å²) in [7, 11) is 0. The van der Waals surface area contributed by atoms with Crippen LogP contribution >= 0.6 is 0 Å². The molecule has 1 aliphatic carbocycles. The average molecular weight is 210 g/mol. The van der Waals surface area contributed by atoms with Crippen LogP contribution in [0.5, 0.6) is 0 Å². The summed E-state index contributed by atoms with van der Waals surface area (Å²) in [5.74, 6) is 2.03. The minimum atomic E-state index is 0.442. The number of likely N-dealkylation sites (tertiary alicyclic amines) is 1. The molecule has 3 atom stereocenters. The lowest BCUT2D eigenvalue weighted by molar-refractivity contribution is 0.00839. The standard InChI is InChI=1S/C12H22N2O/c1-2-10-7-14(8-11(10)3-1)9-12-6-13-4-5-15-12/h10-13H,1-9H2. The summed E-state index contributed by atoms with van der Waals surface area (Å²) in [5, 5.41) is 3.41. The Kier molecular flexibility index (Phi) is 2.95. The SMILES string of the molecule is C1CC2CN(CC3CNCCO3)CC2C1. The minimum Gasteiger partial charge on any atom is -0.374 e. The highest BCUT2D eigenvalue weighted by molar-refractivity contribution is 4.89. The highest BCUT2D eigenvalue weighted by Gasteiger charge is 2.36. The van der Waals surface area contributed by atoms with Crippen molar-refractivity contribution in [3.8, 4) is 0 Å². The van der Waals surface area contributed by atoms with Gasteiger partial charge in [0, 0.05) is 32.7 Å². The third kappa shape index (κ3) is 2.19. The molecule has 3 fully saturated rings. The van der Waals surface area contributed by atoms with Gasteiger partial charge in [-0.15, -0.1) is 0 Å². The molecule has 0 amide bonds. The molecule has 2 heterocycles. The molecule has 15 heavy (non-hydrogen) atoms. The van der Waals surface area contributed by atoms with Crippen molar-refractivity contribution in [2.24, 2.45) is 11.8 Å². The molecule has 3 rings (SSSR count). The zero-order valence-electron chi connectivity index (χ0n) is 9.45. The molecule has 1 N–H and O–H groups in total. The molecule has 3 nitrogen and oxygen atoms in total. The second-order valence-electron chi connectivity index (χ2n) is 5.37. The normalized spacial score (nSPS) is 42.0. The van der Waals surface area contributed by atoms with E-state index in [4.69, 9.17) is 4.74 Å². The largest absolute Gasteiger partial charge is 0.374 e. The van der Waals surface area contributed by atoms with Crippen molar-refractivity contribution in [3.63, 3.8) is 0 Å². The van der Waals surface area contributed by atoms with Crippen LogP contribution in [-0.2, 0) is 4.74 Å². The zero-order valence-corrected chi connectivity index (χ0v) is 9.45. The quantitative estimate of drug-likeness (QED) is 0.726. The molecular formula is C12H22N2O. The molecule has 3 aliphatic rings. The monoisotopic (exact) mass is 210 g/mol. The number of hydrogen-bond acceptors (Lipinski definition) is 3. The van der Waals surface area contributed by atoms with Crippen LogP contribution in [-0.4, -0.2) is 50.3 Å². The van der Waals surface area contributed by atoms with Crippen LogP contribution in [0.25, 0.3) is 0 Å². The molecule has 0 aromatic carbocycles. The lowest BCUT2D eigenvalue weighted by Crippen LogP contribution is -2.45. The Morgan fingerprint density at radius 3 is 2.67 bits per heavy atom. The van der Waals surface area contributed by atoms with E-state index < -0.39 is 0 Å². The summed E-state index contributed by atoms with van der Waals surface area (Å²) < 4.78 is 5.76. The van der Waals surface area contributed by atoms with Crippen LogP contribution in [0, 0.1) is 11.8 Å². The topological polar surface area (TPSA) is 24.5 Å². The van der Waals surface area contributed by atoms with E-state index in [1.165, 1.54) is 32.4 Å². The maximum absolute atomic E-state index is 5.76. The summed E-state index contributed by atoms with van der Waals surface area (Å²) >= 11 is 0. The van der Waals surface area contributed by atoms with Gasteiger partial charge in [-0.25, -0.2) is 0 Å². The fourth-order valence-electron chi connectivity index (χ4n) is 3.51. The predicted molar refractivity (Wildman–Crippen MR) is 59.9 cm³/mol. The lowest BCUT2D eigenvalue weighted by atomic mass is 10.0. The fraction of sp³-hybridized carbons (Fsp3) is 1.00. The molecule has 0 bridgehead atoms. The molecule has 3 unspecified atom stereocenters. The smallest absolute Gasteiger partial charge is 0.0826 e. The van der Waals surface area contributed by atoms with E-state index in [-0.39, 0.29) is 0 Å². The summed E-state index contributed by atoms with van der Waals surface area (Å²) in [6.45, 7) is 6.80. The summed E-state index contributed by atoms with van der Waals surface area (Å²) in [6.07, 6.45) is 4.87. The van der Waals surface area contributed by atoms with Crippen LogP contribution in [0.15, 0.2) is 0 Å². The van der Waals surface area contributed by atoms with Crippen molar-refractivity contribution in [1.82, 2.24) is 10.2 Å². The average Bonchev–Trinajstić information content (AvgIpc) is 2.79. The molecule has 0 radical (unpaired) electrons. The van der Waals surface area contributed by atoms with Gasteiger partial charge in [0.15, 0.2) is 0 Å². The molecule has 86 valence electrons. The van der Waals surface area contributed by atoms with Crippen molar-refractivity contribution < 1.29 is 4.74 Å². The number of morpholine rings is 1. The first kappa shape index (κ1) is 10.1.